The summed E-state index contributed by atoms with van der Waals surface area (Å²) < 4.78 is 0. The second-order valence-electron chi connectivity index (χ2n) is 3.48. The van der Waals surface area contributed by atoms with Gasteiger partial charge in [0.2, 0.25) is 0 Å². The van der Waals surface area contributed by atoms with Gasteiger partial charge in [0.1, 0.15) is 0 Å². The van der Waals surface area contributed by atoms with Crippen molar-refractivity contribution in [3.05, 3.63) is 50.4 Å². The van der Waals surface area contributed by atoms with Crippen molar-refractivity contribution in [3.8, 4) is 0 Å². The molecule has 1 heterocycles. The average Bonchev–Trinajstić information content (AvgIpc) is 2.68. The van der Waals surface area contributed by atoms with Gasteiger partial charge in [-0.1, -0.05) is 23.2 Å². The van der Waals surface area contributed by atoms with Gasteiger partial charge >= 0.3 is 0 Å². The van der Waals surface area contributed by atoms with E-state index in [0.717, 1.165) is 16.9 Å². The molecule has 1 atom stereocenters. The lowest BCUT2D eigenvalue weighted by Gasteiger charge is -2.11. The first-order valence-corrected chi connectivity index (χ1v) is 6.37. The van der Waals surface area contributed by atoms with Gasteiger partial charge in [0.05, 0.1) is 5.51 Å². The lowest BCUT2D eigenvalue weighted by atomic mass is 10.0. The second-order valence-corrected chi connectivity index (χ2v) is 5.32. The standard InChI is InChI=1S/C11H10Cl2N2S/c12-8-1-7(2-9(13)3-8)11(14)4-10-5-15-6-16-10/h1-3,5-6,11H,4,14H2. The number of nitrogens with two attached hydrogens (primary N) is 1. The van der Waals surface area contributed by atoms with E-state index in [2.05, 4.69) is 4.98 Å². The van der Waals surface area contributed by atoms with E-state index in [0.29, 0.717) is 10.0 Å². The maximum Gasteiger partial charge on any atom is 0.0794 e. The number of hydrogen-bond acceptors (Lipinski definition) is 3. The molecule has 2 aromatic rings. The first kappa shape index (κ1) is 11.9. The van der Waals surface area contributed by atoms with E-state index < -0.39 is 0 Å². The molecule has 1 aromatic heterocycles. The minimum absolute atomic E-state index is 0.100. The highest BCUT2D eigenvalue weighted by Crippen LogP contribution is 2.25. The number of aromatic nitrogens is 1. The molecule has 0 amide bonds. The van der Waals surface area contributed by atoms with E-state index in [4.69, 9.17) is 28.9 Å². The minimum Gasteiger partial charge on any atom is -0.324 e. The highest BCUT2D eigenvalue weighted by Gasteiger charge is 2.09. The van der Waals surface area contributed by atoms with E-state index >= 15 is 0 Å². The van der Waals surface area contributed by atoms with Crippen LogP contribution in [0.15, 0.2) is 29.9 Å². The van der Waals surface area contributed by atoms with Crippen molar-refractivity contribution in [2.75, 3.05) is 0 Å². The van der Waals surface area contributed by atoms with Crippen molar-refractivity contribution >= 4 is 34.5 Å². The third-order valence-corrected chi connectivity index (χ3v) is 3.46. The molecule has 0 saturated carbocycles. The van der Waals surface area contributed by atoms with Crippen LogP contribution in [-0.2, 0) is 6.42 Å². The van der Waals surface area contributed by atoms with Crippen LogP contribution in [-0.4, -0.2) is 4.98 Å². The number of rotatable bonds is 3. The summed E-state index contributed by atoms with van der Waals surface area (Å²) in [6.45, 7) is 0. The van der Waals surface area contributed by atoms with Crippen molar-refractivity contribution in [2.24, 2.45) is 5.73 Å². The lowest BCUT2D eigenvalue weighted by molar-refractivity contribution is 0.729. The molecule has 16 heavy (non-hydrogen) atoms. The second kappa shape index (κ2) is 5.15. The fourth-order valence-corrected chi connectivity index (χ4v) is 2.66. The normalized spacial score (nSPS) is 12.7. The molecule has 0 saturated heterocycles. The van der Waals surface area contributed by atoms with Gasteiger partial charge in [-0.25, -0.2) is 0 Å². The Balaban J connectivity index is 2.17. The quantitative estimate of drug-likeness (QED) is 0.926. The molecule has 0 bridgehead atoms. The molecular formula is C11H10Cl2N2S. The molecule has 0 aliphatic heterocycles. The van der Waals surface area contributed by atoms with Crippen LogP contribution in [0.5, 0.6) is 0 Å². The van der Waals surface area contributed by atoms with Gasteiger partial charge in [0.25, 0.3) is 0 Å². The lowest BCUT2D eigenvalue weighted by Crippen LogP contribution is -2.12. The highest BCUT2D eigenvalue weighted by atomic mass is 35.5. The number of halogens is 2. The Labute approximate surface area is 108 Å². The van der Waals surface area contributed by atoms with Gasteiger partial charge in [-0.05, 0) is 23.8 Å². The van der Waals surface area contributed by atoms with Crippen LogP contribution in [0.1, 0.15) is 16.5 Å². The summed E-state index contributed by atoms with van der Waals surface area (Å²) in [5, 5.41) is 1.23. The molecule has 0 aliphatic rings. The number of thiazole rings is 1. The Morgan fingerprint density at radius 2 is 1.94 bits per heavy atom. The summed E-state index contributed by atoms with van der Waals surface area (Å²) in [5.41, 5.74) is 8.83. The predicted molar refractivity (Wildman–Crippen MR) is 69.2 cm³/mol. The zero-order valence-corrected chi connectivity index (χ0v) is 10.7. The van der Waals surface area contributed by atoms with E-state index in [1.165, 1.54) is 0 Å². The Morgan fingerprint density at radius 1 is 1.25 bits per heavy atom. The van der Waals surface area contributed by atoms with E-state index in [-0.39, 0.29) is 6.04 Å². The van der Waals surface area contributed by atoms with E-state index in [9.17, 15) is 0 Å². The van der Waals surface area contributed by atoms with Gasteiger partial charge in [-0.2, -0.15) is 0 Å². The molecule has 1 aromatic carbocycles. The third kappa shape index (κ3) is 2.95. The summed E-state index contributed by atoms with van der Waals surface area (Å²) in [6.07, 6.45) is 2.58. The third-order valence-electron chi connectivity index (χ3n) is 2.22. The van der Waals surface area contributed by atoms with Gasteiger partial charge in [0.15, 0.2) is 0 Å². The smallest absolute Gasteiger partial charge is 0.0794 e. The minimum atomic E-state index is -0.100. The van der Waals surface area contributed by atoms with Crippen LogP contribution in [0, 0.1) is 0 Å². The molecule has 0 spiro atoms. The van der Waals surface area contributed by atoms with Crippen molar-refractivity contribution in [2.45, 2.75) is 12.5 Å². The summed E-state index contributed by atoms with van der Waals surface area (Å²) in [4.78, 5) is 5.17. The van der Waals surface area contributed by atoms with Crippen LogP contribution < -0.4 is 5.73 Å². The van der Waals surface area contributed by atoms with Crippen molar-refractivity contribution < 1.29 is 0 Å². The molecule has 2 nitrogen and oxygen atoms in total. The van der Waals surface area contributed by atoms with E-state index in [1.54, 1.807) is 22.9 Å². The summed E-state index contributed by atoms with van der Waals surface area (Å²) in [5.74, 6) is 0. The predicted octanol–water partition coefficient (Wildman–Crippen LogP) is 3.69. The molecule has 0 radical (unpaired) electrons. The largest absolute Gasteiger partial charge is 0.324 e. The van der Waals surface area contributed by atoms with Crippen molar-refractivity contribution in [1.29, 1.82) is 0 Å². The Morgan fingerprint density at radius 3 is 2.50 bits per heavy atom. The SMILES string of the molecule is NC(Cc1cncs1)c1cc(Cl)cc(Cl)c1. The molecular weight excluding hydrogens is 263 g/mol. The van der Waals surface area contributed by atoms with Crippen LogP contribution in [0.25, 0.3) is 0 Å². The van der Waals surface area contributed by atoms with Gasteiger partial charge in [-0.15, -0.1) is 11.3 Å². The first-order valence-electron chi connectivity index (χ1n) is 4.74. The molecule has 0 aliphatic carbocycles. The zero-order valence-electron chi connectivity index (χ0n) is 8.36. The fourth-order valence-electron chi connectivity index (χ4n) is 1.47. The highest BCUT2D eigenvalue weighted by molar-refractivity contribution is 7.09. The number of nitrogens with zero attached hydrogens (tertiary/aromatic N) is 1. The molecule has 2 N–H and O–H groups in total. The van der Waals surface area contributed by atoms with Gasteiger partial charge < -0.3 is 5.73 Å². The van der Waals surface area contributed by atoms with Crippen LogP contribution in [0.2, 0.25) is 10.0 Å². The fraction of sp³-hybridized carbons (Fsp3) is 0.182. The number of benzene rings is 1. The molecule has 84 valence electrons. The Hall–Kier alpha value is -0.610. The summed E-state index contributed by atoms with van der Waals surface area (Å²) >= 11 is 13.4. The molecule has 2 rings (SSSR count). The maximum atomic E-state index is 6.09. The first-order chi connectivity index (χ1) is 7.65. The van der Waals surface area contributed by atoms with Gasteiger partial charge in [0, 0.05) is 33.6 Å². The van der Waals surface area contributed by atoms with Crippen molar-refractivity contribution in [1.82, 2.24) is 4.98 Å². The Bertz CT molecular complexity index is 451. The topological polar surface area (TPSA) is 38.9 Å². The summed E-state index contributed by atoms with van der Waals surface area (Å²) in [7, 11) is 0. The zero-order chi connectivity index (χ0) is 11.5. The van der Waals surface area contributed by atoms with Gasteiger partial charge in [-0.3, -0.25) is 4.98 Å². The monoisotopic (exact) mass is 272 g/mol. The van der Waals surface area contributed by atoms with Crippen LogP contribution in [0.4, 0.5) is 0 Å². The van der Waals surface area contributed by atoms with Crippen LogP contribution in [0.3, 0.4) is 0 Å². The molecule has 0 fully saturated rings. The van der Waals surface area contributed by atoms with Crippen LogP contribution >= 0.6 is 34.5 Å². The van der Waals surface area contributed by atoms with Crippen molar-refractivity contribution in [3.63, 3.8) is 0 Å². The average molecular weight is 273 g/mol. The Kier molecular flexibility index (Phi) is 3.82. The number of hydrogen-bond donors (Lipinski definition) is 1. The molecule has 1 unspecified atom stereocenters. The molecule has 5 heteroatoms. The maximum absolute atomic E-state index is 6.09. The summed E-state index contributed by atoms with van der Waals surface area (Å²) in [6, 6.07) is 5.29. The van der Waals surface area contributed by atoms with E-state index in [1.807, 2.05) is 18.3 Å².